The van der Waals surface area contributed by atoms with Crippen LogP contribution in [0.15, 0.2) is 29.4 Å². The number of carbonyl (C=O) groups is 1. The summed E-state index contributed by atoms with van der Waals surface area (Å²) >= 11 is 1.72. The van der Waals surface area contributed by atoms with Gasteiger partial charge in [-0.3, -0.25) is 4.79 Å². The fourth-order valence-electron chi connectivity index (χ4n) is 1.48. The molecular formula is C14H21N3O2S. The number of amides is 1. The van der Waals surface area contributed by atoms with Gasteiger partial charge < -0.3 is 16.3 Å². The van der Waals surface area contributed by atoms with Crippen LogP contribution >= 0.6 is 11.8 Å². The Kier molecular flexibility index (Phi) is 5.88. The number of nitrogens with one attached hydrogen (secondary N) is 1. The van der Waals surface area contributed by atoms with Gasteiger partial charge in [0.1, 0.15) is 0 Å². The molecule has 0 fully saturated rings. The number of thioether (sulfide) groups is 1. The third-order valence-electron chi connectivity index (χ3n) is 2.99. The quantitative estimate of drug-likeness (QED) is 0.322. The van der Waals surface area contributed by atoms with E-state index in [2.05, 4.69) is 24.3 Å². The molecule has 0 unspecified atom stereocenters. The molecule has 0 heterocycles. The molecule has 0 saturated carbocycles. The minimum Gasteiger partial charge on any atom is -0.409 e. The van der Waals surface area contributed by atoms with E-state index < -0.39 is 0 Å². The summed E-state index contributed by atoms with van der Waals surface area (Å²) in [6.07, 6.45) is 2.35. The van der Waals surface area contributed by atoms with Gasteiger partial charge in [0.15, 0.2) is 5.84 Å². The number of rotatable bonds is 6. The van der Waals surface area contributed by atoms with Crippen molar-refractivity contribution in [3.63, 3.8) is 0 Å². The maximum absolute atomic E-state index is 11.8. The van der Waals surface area contributed by atoms with E-state index in [-0.39, 0.29) is 16.5 Å². The van der Waals surface area contributed by atoms with Crippen LogP contribution in [0.5, 0.6) is 0 Å². The second-order valence-electron chi connectivity index (χ2n) is 5.10. The summed E-state index contributed by atoms with van der Waals surface area (Å²) in [6, 6.07) is 7.05. The molecule has 0 atom stereocenters. The van der Waals surface area contributed by atoms with Crippen LogP contribution in [0.3, 0.4) is 0 Å². The summed E-state index contributed by atoms with van der Waals surface area (Å²) in [6.45, 7) is 4.81. The summed E-state index contributed by atoms with van der Waals surface area (Å²) in [5.41, 5.74) is 6.99. The van der Waals surface area contributed by atoms with Crippen molar-refractivity contribution < 1.29 is 10.0 Å². The number of amidine groups is 1. The normalized spacial score (nSPS) is 12.2. The molecule has 6 heteroatoms. The Bertz CT molecular complexity index is 484. The molecule has 20 heavy (non-hydrogen) atoms. The van der Waals surface area contributed by atoms with Crippen molar-refractivity contribution in [3.05, 3.63) is 35.4 Å². The average Bonchev–Trinajstić information content (AvgIpc) is 2.45. The molecular weight excluding hydrogens is 274 g/mol. The van der Waals surface area contributed by atoms with Crippen molar-refractivity contribution in [3.8, 4) is 0 Å². The second-order valence-corrected chi connectivity index (χ2v) is 6.61. The van der Waals surface area contributed by atoms with Crippen LogP contribution in [0.2, 0.25) is 0 Å². The van der Waals surface area contributed by atoms with E-state index >= 15 is 0 Å². The summed E-state index contributed by atoms with van der Waals surface area (Å²) in [5.74, 6) is 0.0476. The number of carbonyl (C=O) groups excluding carboxylic acids is 1. The van der Waals surface area contributed by atoms with Crippen LogP contribution in [0.25, 0.3) is 0 Å². The Morgan fingerprint density at radius 1 is 1.40 bits per heavy atom. The molecule has 0 radical (unpaired) electrons. The molecule has 0 aromatic heterocycles. The average molecular weight is 295 g/mol. The second kappa shape index (κ2) is 7.19. The van der Waals surface area contributed by atoms with Crippen LogP contribution in [-0.2, 0) is 11.2 Å². The number of nitrogens with two attached hydrogens (primary N) is 1. The number of nitrogens with zero attached hydrogens (tertiary/aromatic N) is 1. The first kappa shape index (κ1) is 16.4. The zero-order chi connectivity index (χ0) is 15.2. The predicted molar refractivity (Wildman–Crippen MR) is 83.3 cm³/mol. The summed E-state index contributed by atoms with van der Waals surface area (Å²) in [7, 11) is 0. The highest BCUT2D eigenvalue weighted by Gasteiger charge is 2.16. The van der Waals surface area contributed by atoms with Gasteiger partial charge in [-0.25, -0.2) is 0 Å². The van der Waals surface area contributed by atoms with Gasteiger partial charge in [0.05, 0.1) is 6.42 Å². The Balaban J connectivity index is 2.55. The van der Waals surface area contributed by atoms with Crippen molar-refractivity contribution in [1.82, 2.24) is 5.32 Å². The Morgan fingerprint density at radius 2 is 2.00 bits per heavy atom. The Morgan fingerprint density at radius 3 is 2.50 bits per heavy atom. The first-order valence-corrected chi connectivity index (χ1v) is 7.49. The summed E-state index contributed by atoms with van der Waals surface area (Å²) in [4.78, 5) is 11.8. The van der Waals surface area contributed by atoms with E-state index in [0.29, 0.717) is 18.5 Å². The van der Waals surface area contributed by atoms with Crippen LogP contribution in [0.4, 0.5) is 0 Å². The molecule has 5 nitrogen and oxygen atoms in total. The topological polar surface area (TPSA) is 87.7 Å². The van der Waals surface area contributed by atoms with E-state index in [1.165, 1.54) is 0 Å². The van der Waals surface area contributed by atoms with E-state index in [9.17, 15) is 4.79 Å². The summed E-state index contributed by atoms with van der Waals surface area (Å²) < 4.78 is 0.0333. The Labute approximate surface area is 123 Å². The van der Waals surface area contributed by atoms with Crippen LogP contribution in [0, 0.1) is 0 Å². The van der Waals surface area contributed by atoms with Gasteiger partial charge >= 0.3 is 0 Å². The highest BCUT2D eigenvalue weighted by molar-refractivity contribution is 7.99. The molecule has 0 aliphatic heterocycles. The van der Waals surface area contributed by atoms with E-state index in [4.69, 9.17) is 10.9 Å². The molecule has 0 saturated heterocycles. The predicted octanol–water partition coefficient (Wildman–Crippen LogP) is 1.58. The van der Waals surface area contributed by atoms with Crippen LogP contribution in [0.1, 0.15) is 25.0 Å². The van der Waals surface area contributed by atoms with Crippen LogP contribution < -0.4 is 11.1 Å². The molecule has 1 aromatic carbocycles. The lowest BCUT2D eigenvalue weighted by Crippen LogP contribution is -2.36. The summed E-state index contributed by atoms with van der Waals surface area (Å²) in [5, 5.41) is 14.4. The first-order valence-electron chi connectivity index (χ1n) is 6.26. The van der Waals surface area contributed by atoms with Gasteiger partial charge in [-0.1, -0.05) is 29.4 Å². The molecule has 0 aliphatic carbocycles. The molecule has 1 amide bonds. The monoisotopic (exact) mass is 295 g/mol. The van der Waals surface area contributed by atoms with Gasteiger partial charge in [-0.2, -0.15) is 11.8 Å². The molecule has 0 bridgehead atoms. The van der Waals surface area contributed by atoms with Crippen molar-refractivity contribution in [2.75, 3.05) is 12.8 Å². The van der Waals surface area contributed by atoms with Crippen LogP contribution in [-0.4, -0.2) is 34.5 Å². The number of benzene rings is 1. The number of hydrogen-bond donors (Lipinski definition) is 3. The third-order valence-corrected chi connectivity index (χ3v) is 4.24. The number of oxime groups is 1. The van der Waals surface area contributed by atoms with Crippen molar-refractivity contribution >= 4 is 23.5 Å². The van der Waals surface area contributed by atoms with Gasteiger partial charge in [0.2, 0.25) is 5.91 Å². The lowest BCUT2D eigenvalue weighted by atomic mass is 10.1. The lowest BCUT2D eigenvalue weighted by molar-refractivity contribution is -0.120. The lowest BCUT2D eigenvalue weighted by Gasteiger charge is -2.22. The fraction of sp³-hybridized carbons (Fsp3) is 0.429. The molecule has 4 N–H and O–H groups in total. The fourth-order valence-corrected chi connectivity index (χ4v) is 1.70. The molecule has 110 valence electrons. The molecule has 1 aromatic rings. The zero-order valence-electron chi connectivity index (χ0n) is 12.0. The van der Waals surface area contributed by atoms with Crippen molar-refractivity contribution in [2.24, 2.45) is 10.9 Å². The highest BCUT2D eigenvalue weighted by atomic mass is 32.2. The van der Waals surface area contributed by atoms with Gasteiger partial charge in [0.25, 0.3) is 0 Å². The molecule has 1 rings (SSSR count). The largest absolute Gasteiger partial charge is 0.409 e. The molecule has 0 aliphatic rings. The van der Waals surface area contributed by atoms with E-state index in [1.54, 1.807) is 36.0 Å². The SMILES string of the molecule is CSC(C)(C)CNC(=O)Cc1ccc(/C(N)=N/O)cc1. The van der Waals surface area contributed by atoms with Crippen molar-refractivity contribution in [1.29, 1.82) is 0 Å². The minimum atomic E-state index is -0.0105. The first-order chi connectivity index (χ1) is 9.38. The van der Waals surface area contributed by atoms with Crippen molar-refractivity contribution in [2.45, 2.75) is 25.0 Å². The van der Waals surface area contributed by atoms with E-state index in [1.807, 2.05) is 6.26 Å². The zero-order valence-corrected chi connectivity index (χ0v) is 12.8. The smallest absolute Gasteiger partial charge is 0.224 e. The highest BCUT2D eigenvalue weighted by Crippen LogP contribution is 2.19. The van der Waals surface area contributed by atoms with Gasteiger partial charge in [-0.15, -0.1) is 0 Å². The van der Waals surface area contributed by atoms with Gasteiger partial charge in [0, 0.05) is 16.9 Å². The maximum Gasteiger partial charge on any atom is 0.224 e. The third kappa shape index (κ3) is 5.13. The Hall–Kier alpha value is -1.69. The molecule has 0 spiro atoms. The minimum absolute atomic E-state index is 0.0105. The standard InChI is InChI=1S/C14H21N3O2S/c1-14(2,20-3)9-16-12(18)8-10-4-6-11(7-5-10)13(15)17-19/h4-7,19H,8-9H2,1-3H3,(H2,15,17)(H,16,18). The van der Waals surface area contributed by atoms with E-state index in [0.717, 1.165) is 5.56 Å². The number of hydrogen-bond acceptors (Lipinski definition) is 4. The van der Waals surface area contributed by atoms with Gasteiger partial charge in [-0.05, 0) is 25.7 Å². The maximum atomic E-state index is 11.8.